The molecule has 1 aromatic heterocycles. The van der Waals surface area contributed by atoms with Gasteiger partial charge in [-0.25, -0.2) is 9.78 Å². The molecule has 0 unspecified atom stereocenters. The molecule has 24 heavy (non-hydrogen) atoms. The van der Waals surface area contributed by atoms with Crippen LogP contribution in [0.1, 0.15) is 50.2 Å². The number of amides is 1. The Balaban J connectivity index is 0.00000288. The summed E-state index contributed by atoms with van der Waals surface area (Å²) >= 11 is 3.08. The Hall–Kier alpha value is -0.550. The fourth-order valence-electron chi connectivity index (χ4n) is 2.37. The molecule has 0 bridgehead atoms. The first-order valence-corrected chi connectivity index (χ1v) is 9.54. The lowest BCUT2D eigenvalue weighted by Crippen LogP contribution is -3.00. The zero-order valence-corrected chi connectivity index (χ0v) is 18.0. The van der Waals surface area contributed by atoms with E-state index >= 15 is 0 Å². The molecule has 0 aromatic carbocycles. The van der Waals surface area contributed by atoms with E-state index in [0.717, 1.165) is 23.5 Å². The maximum Gasteiger partial charge on any atom is 0.410 e. The molecule has 136 valence electrons. The molecule has 0 atom stereocenters. The molecule has 1 aliphatic heterocycles. The number of halogens is 1. The Kier molecular flexibility index (Phi) is 8.27. The largest absolute Gasteiger partial charge is 1.00 e. The minimum atomic E-state index is -0.447. The summed E-state index contributed by atoms with van der Waals surface area (Å²) in [5.74, 6) is 1.12. The van der Waals surface area contributed by atoms with E-state index in [-0.39, 0.29) is 30.1 Å². The molecule has 0 aliphatic carbocycles. The van der Waals surface area contributed by atoms with E-state index in [1.54, 1.807) is 16.2 Å². The van der Waals surface area contributed by atoms with Crippen molar-refractivity contribution in [2.24, 2.45) is 5.73 Å². The van der Waals surface area contributed by atoms with Gasteiger partial charge in [-0.2, -0.15) is 0 Å². The van der Waals surface area contributed by atoms with Crippen LogP contribution in [0.4, 0.5) is 4.79 Å². The van der Waals surface area contributed by atoms with Crippen LogP contribution in [0.2, 0.25) is 0 Å². The topological polar surface area (TPSA) is 94.0 Å². The molecule has 1 aromatic rings. The van der Waals surface area contributed by atoms with Crippen molar-refractivity contribution in [1.82, 2.24) is 9.88 Å². The highest BCUT2D eigenvalue weighted by Crippen LogP contribution is 2.31. The first-order valence-electron chi connectivity index (χ1n) is 7.67. The molecule has 1 aliphatic rings. The van der Waals surface area contributed by atoms with Gasteiger partial charge in [0.2, 0.25) is 0 Å². The van der Waals surface area contributed by atoms with Crippen LogP contribution in [-0.2, 0) is 10.5 Å². The zero-order valence-electron chi connectivity index (χ0n) is 14.3. The number of ether oxygens (including phenoxy) is 1. The van der Waals surface area contributed by atoms with Crippen molar-refractivity contribution in [2.75, 3.05) is 13.1 Å². The number of carbonyl (C=O) groups is 1. The number of thioether (sulfide) groups is 1. The van der Waals surface area contributed by atoms with E-state index < -0.39 is 5.60 Å². The van der Waals surface area contributed by atoms with E-state index in [9.17, 15) is 4.79 Å². The van der Waals surface area contributed by atoms with Gasteiger partial charge in [-0.3, -0.25) is 11.1 Å². The van der Waals surface area contributed by atoms with E-state index in [2.05, 4.69) is 10.4 Å². The standard InChI is InChI=1S/C15H24N4O2S2.HI/c1-15(2,3)21-14(20)19-6-4-10(5-7-19)12-18-11(8-22-12)9-23-13(16)17;/h8,10H,4-7,9H2,1-3H3,(H3,16,17);1H. The SMILES string of the molecule is CC(C)(C)OC(=O)N1CCC(c2nc(CSC(N)=[NH2+])cs2)CC1.[I-]. The monoisotopic (exact) mass is 484 g/mol. The van der Waals surface area contributed by atoms with Crippen LogP contribution in [0.25, 0.3) is 0 Å². The summed E-state index contributed by atoms with van der Waals surface area (Å²) in [6.45, 7) is 7.09. The number of amidine groups is 1. The maximum atomic E-state index is 12.1. The number of carbonyl (C=O) groups excluding carboxylic acids is 1. The molecule has 6 nitrogen and oxygen atoms in total. The quantitative estimate of drug-likeness (QED) is 0.312. The number of nitrogens with zero attached hydrogens (tertiary/aromatic N) is 2. The van der Waals surface area contributed by atoms with E-state index in [1.165, 1.54) is 11.8 Å². The highest BCUT2D eigenvalue weighted by molar-refractivity contribution is 8.12. The van der Waals surface area contributed by atoms with Gasteiger partial charge < -0.3 is 33.6 Å². The molecule has 4 N–H and O–H groups in total. The lowest BCUT2D eigenvalue weighted by atomic mass is 9.98. The molecule has 0 spiro atoms. The van der Waals surface area contributed by atoms with Gasteiger partial charge in [0, 0.05) is 30.1 Å². The van der Waals surface area contributed by atoms with E-state index in [1.807, 2.05) is 20.8 Å². The van der Waals surface area contributed by atoms with E-state index in [4.69, 9.17) is 15.9 Å². The average molecular weight is 484 g/mol. The summed E-state index contributed by atoms with van der Waals surface area (Å²) in [5.41, 5.74) is 6.03. The predicted molar refractivity (Wildman–Crippen MR) is 94.3 cm³/mol. The molecule has 0 radical (unpaired) electrons. The van der Waals surface area contributed by atoms with Gasteiger partial charge in [0.25, 0.3) is 5.17 Å². The first kappa shape index (κ1) is 21.5. The maximum absolute atomic E-state index is 12.1. The highest BCUT2D eigenvalue weighted by atomic mass is 127. The third-order valence-electron chi connectivity index (χ3n) is 3.45. The molecule has 1 saturated heterocycles. The van der Waals surface area contributed by atoms with Crippen LogP contribution in [0.5, 0.6) is 0 Å². The number of thiazole rings is 1. The van der Waals surface area contributed by atoms with Gasteiger partial charge in [-0.15, -0.1) is 11.3 Å². The fourth-order valence-corrected chi connectivity index (χ4v) is 3.93. The lowest BCUT2D eigenvalue weighted by Gasteiger charge is -2.32. The second kappa shape index (κ2) is 9.23. The van der Waals surface area contributed by atoms with Gasteiger partial charge in [0.1, 0.15) is 5.60 Å². The van der Waals surface area contributed by atoms with Crippen molar-refractivity contribution in [3.63, 3.8) is 0 Å². The molecule has 9 heteroatoms. The van der Waals surface area contributed by atoms with Gasteiger partial charge in [-0.05, 0) is 45.4 Å². The second-order valence-corrected chi connectivity index (χ2v) is 8.55. The Morgan fingerprint density at radius 3 is 2.67 bits per heavy atom. The molecule has 0 saturated carbocycles. The Morgan fingerprint density at radius 2 is 2.12 bits per heavy atom. The average Bonchev–Trinajstić information content (AvgIpc) is 2.92. The smallest absolute Gasteiger partial charge is 0.410 e. The number of likely N-dealkylation sites (tertiary alicyclic amines) is 1. The first-order chi connectivity index (χ1) is 10.7. The Labute approximate surface area is 168 Å². The van der Waals surface area contributed by atoms with Crippen molar-refractivity contribution >= 4 is 34.4 Å². The number of piperidine rings is 1. The number of hydrogen-bond acceptors (Lipinski definition) is 5. The van der Waals surface area contributed by atoms with Gasteiger partial charge in [0.05, 0.1) is 10.7 Å². The molecule has 2 rings (SSSR count). The normalized spacial score (nSPS) is 15.7. The van der Waals surface area contributed by atoms with Crippen LogP contribution in [0.15, 0.2) is 5.38 Å². The number of aromatic nitrogens is 1. The van der Waals surface area contributed by atoms with Gasteiger partial charge in [-0.1, -0.05) is 0 Å². The summed E-state index contributed by atoms with van der Waals surface area (Å²) in [5, 5.41) is 9.03. The van der Waals surface area contributed by atoms with Crippen molar-refractivity contribution in [2.45, 2.75) is 50.9 Å². The summed E-state index contributed by atoms with van der Waals surface area (Å²) in [6.07, 6.45) is 1.62. The minimum Gasteiger partial charge on any atom is -1.00 e. The van der Waals surface area contributed by atoms with Crippen molar-refractivity contribution < 1.29 is 38.9 Å². The summed E-state index contributed by atoms with van der Waals surface area (Å²) in [7, 11) is 0. The van der Waals surface area contributed by atoms with Gasteiger partial charge in [0.15, 0.2) is 0 Å². The van der Waals surface area contributed by atoms with Gasteiger partial charge >= 0.3 is 6.09 Å². The van der Waals surface area contributed by atoms with Crippen LogP contribution >= 0.6 is 23.1 Å². The highest BCUT2D eigenvalue weighted by Gasteiger charge is 2.28. The van der Waals surface area contributed by atoms with Crippen LogP contribution in [0, 0.1) is 0 Å². The Morgan fingerprint density at radius 1 is 1.50 bits per heavy atom. The third kappa shape index (κ3) is 6.75. The number of hydrogen-bond donors (Lipinski definition) is 2. The van der Waals surface area contributed by atoms with Crippen LogP contribution < -0.4 is 35.1 Å². The van der Waals surface area contributed by atoms with Crippen molar-refractivity contribution in [1.29, 1.82) is 0 Å². The van der Waals surface area contributed by atoms with Crippen LogP contribution in [0.3, 0.4) is 0 Å². The summed E-state index contributed by atoms with van der Waals surface area (Å²) < 4.78 is 5.42. The number of rotatable bonds is 3. The molecular formula is C15H25IN4O2S2. The predicted octanol–water partition coefficient (Wildman–Crippen LogP) is -1.43. The molecule has 2 heterocycles. The van der Waals surface area contributed by atoms with E-state index in [0.29, 0.717) is 29.9 Å². The second-order valence-electron chi connectivity index (χ2n) is 6.61. The molecular weight excluding hydrogens is 459 g/mol. The summed E-state index contributed by atoms with van der Waals surface area (Å²) in [4.78, 5) is 18.5. The van der Waals surface area contributed by atoms with Crippen molar-refractivity contribution in [3.05, 3.63) is 16.1 Å². The molecule has 1 fully saturated rings. The number of nitrogens with two attached hydrogens (primary N) is 2. The minimum absolute atomic E-state index is 0. The third-order valence-corrected chi connectivity index (χ3v) is 5.28. The Bertz CT molecular complexity index is 566. The summed E-state index contributed by atoms with van der Waals surface area (Å²) in [6, 6.07) is 0. The fraction of sp³-hybridized carbons (Fsp3) is 0.667. The van der Waals surface area contributed by atoms with Crippen molar-refractivity contribution in [3.8, 4) is 0 Å². The molecule has 1 amide bonds. The van der Waals surface area contributed by atoms with Crippen LogP contribution in [-0.4, -0.2) is 39.8 Å². The lowest BCUT2D eigenvalue weighted by molar-refractivity contribution is -0.110. The zero-order chi connectivity index (χ0) is 17.0.